The van der Waals surface area contributed by atoms with Crippen molar-refractivity contribution in [1.82, 2.24) is 15.5 Å². The zero-order valence-electron chi connectivity index (χ0n) is 12.0. The lowest BCUT2D eigenvalue weighted by atomic mass is 10.0. The summed E-state index contributed by atoms with van der Waals surface area (Å²) < 4.78 is 13.4. The molecule has 1 saturated heterocycles. The molecule has 1 aromatic rings. The van der Waals surface area contributed by atoms with Gasteiger partial charge in [-0.2, -0.15) is 0 Å². The minimum Gasteiger partial charge on any atom is -0.352 e. The molecule has 0 saturated carbocycles. The fraction of sp³-hybridized carbons (Fsp3) is 0.533. The minimum atomic E-state index is -0.458. The lowest BCUT2D eigenvalue weighted by Crippen LogP contribution is -2.46. The van der Waals surface area contributed by atoms with E-state index >= 15 is 0 Å². The molecule has 1 atom stereocenters. The van der Waals surface area contributed by atoms with E-state index in [0.29, 0.717) is 5.56 Å². The van der Waals surface area contributed by atoms with E-state index in [1.54, 1.807) is 12.1 Å². The Morgan fingerprint density at radius 2 is 2.10 bits per heavy atom. The van der Waals surface area contributed by atoms with Crippen LogP contribution in [0, 0.1) is 5.82 Å². The molecule has 110 valence electrons. The van der Waals surface area contributed by atoms with Gasteiger partial charge in [-0.25, -0.2) is 4.39 Å². The lowest BCUT2D eigenvalue weighted by Gasteiger charge is -2.29. The van der Waals surface area contributed by atoms with Crippen LogP contribution in [0.5, 0.6) is 0 Å². The van der Waals surface area contributed by atoms with Crippen LogP contribution in [-0.4, -0.2) is 44.0 Å². The Kier molecular flexibility index (Phi) is 5.09. The van der Waals surface area contributed by atoms with E-state index in [1.165, 1.54) is 12.1 Å². The van der Waals surface area contributed by atoms with Crippen molar-refractivity contribution in [2.24, 2.45) is 0 Å². The molecule has 2 rings (SSSR count). The van der Waals surface area contributed by atoms with Crippen LogP contribution in [0.4, 0.5) is 4.39 Å². The number of hydrogen-bond donors (Lipinski definition) is 2. The number of halogens is 1. The van der Waals surface area contributed by atoms with Crippen LogP contribution in [0.2, 0.25) is 0 Å². The number of piperidine rings is 1. The van der Waals surface area contributed by atoms with Gasteiger partial charge in [0.25, 0.3) is 0 Å². The Hall–Kier alpha value is -1.46. The number of hydrogen-bond acceptors (Lipinski definition) is 3. The molecule has 0 radical (unpaired) electrons. The van der Waals surface area contributed by atoms with Gasteiger partial charge >= 0.3 is 0 Å². The largest absolute Gasteiger partial charge is 0.352 e. The molecule has 0 bridgehead atoms. The highest BCUT2D eigenvalue weighted by Gasteiger charge is 2.25. The number of likely N-dealkylation sites (N-methyl/N-ethyl adjacent to an activating group) is 1. The molecule has 1 fully saturated rings. The van der Waals surface area contributed by atoms with Crippen LogP contribution in [0.1, 0.15) is 24.4 Å². The summed E-state index contributed by atoms with van der Waals surface area (Å²) in [5.74, 6) is -0.378. The topological polar surface area (TPSA) is 44.4 Å². The number of carbonyl (C=O) groups excluding carboxylic acids is 1. The van der Waals surface area contributed by atoms with Gasteiger partial charge in [0.05, 0.1) is 0 Å². The smallest absolute Gasteiger partial charge is 0.242 e. The first-order chi connectivity index (χ1) is 9.58. The Morgan fingerprint density at radius 1 is 1.40 bits per heavy atom. The van der Waals surface area contributed by atoms with Crippen molar-refractivity contribution >= 4 is 5.91 Å². The summed E-state index contributed by atoms with van der Waals surface area (Å²) in [5.41, 5.74) is 0.682. The van der Waals surface area contributed by atoms with E-state index in [1.807, 2.05) is 19.0 Å². The van der Waals surface area contributed by atoms with E-state index in [-0.39, 0.29) is 17.8 Å². The zero-order chi connectivity index (χ0) is 14.5. The Balaban J connectivity index is 2.09. The van der Waals surface area contributed by atoms with Gasteiger partial charge in [0.15, 0.2) is 0 Å². The molecule has 0 spiro atoms. The lowest BCUT2D eigenvalue weighted by molar-refractivity contribution is -0.126. The molecular formula is C15H22FN3O. The number of rotatable bonds is 4. The quantitative estimate of drug-likeness (QED) is 0.873. The van der Waals surface area contributed by atoms with Crippen molar-refractivity contribution in [3.8, 4) is 0 Å². The first-order valence-electron chi connectivity index (χ1n) is 7.01. The van der Waals surface area contributed by atoms with Crippen molar-refractivity contribution in [2.45, 2.75) is 24.9 Å². The van der Waals surface area contributed by atoms with Gasteiger partial charge in [0.1, 0.15) is 11.9 Å². The highest BCUT2D eigenvalue weighted by Crippen LogP contribution is 2.20. The summed E-state index contributed by atoms with van der Waals surface area (Å²) in [5, 5.41) is 6.34. The Bertz CT molecular complexity index is 458. The first kappa shape index (κ1) is 14.9. The van der Waals surface area contributed by atoms with Crippen molar-refractivity contribution in [3.05, 3.63) is 35.6 Å². The summed E-state index contributed by atoms with van der Waals surface area (Å²) in [7, 11) is 3.66. The predicted molar refractivity (Wildman–Crippen MR) is 76.9 cm³/mol. The summed E-state index contributed by atoms with van der Waals surface area (Å²) in [6, 6.07) is 5.99. The van der Waals surface area contributed by atoms with Crippen LogP contribution < -0.4 is 10.6 Å². The second-order valence-electron chi connectivity index (χ2n) is 5.45. The van der Waals surface area contributed by atoms with Crippen LogP contribution in [0.3, 0.4) is 0 Å². The van der Waals surface area contributed by atoms with E-state index in [2.05, 4.69) is 10.6 Å². The molecule has 1 aromatic carbocycles. The predicted octanol–water partition coefficient (Wildman–Crippen LogP) is 1.30. The fourth-order valence-electron chi connectivity index (χ4n) is 2.61. The molecule has 1 aliphatic rings. The Morgan fingerprint density at radius 3 is 2.70 bits per heavy atom. The maximum Gasteiger partial charge on any atom is 0.242 e. The van der Waals surface area contributed by atoms with Gasteiger partial charge in [0.2, 0.25) is 5.91 Å². The molecule has 5 heteroatoms. The number of nitrogens with zero attached hydrogens (tertiary/aromatic N) is 1. The normalized spacial score (nSPS) is 18.0. The summed E-state index contributed by atoms with van der Waals surface area (Å²) in [6.45, 7) is 1.86. The second kappa shape index (κ2) is 6.81. The average Bonchev–Trinajstić information content (AvgIpc) is 2.39. The highest BCUT2D eigenvalue weighted by molar-refractivity contribution is 5.83. The zero-order valence-corrected chi connectivity index (χ0v) is 12.0. The second-order valence-corrected chi connectivity index (χ2v) is 5.45. The molecule has 0 aliphatic carbocycles. The maximum absolute atomic E-state index is 13.4. The minimum absolute atomic E-state index is 0.0625. The number of carbonyl (C=O) groups is 1. The fourth-order valence-corrected chi connectivity index (χ4v) is 2.61. The maximum atomic E-state index is 13.4. The summed E-state index contributed by atoms with van der Waals surface area (Å²) in [6.07, 6.45) is 1.88. The number of amides is 1. The van der Waals surface area contributed by atoms with Crippen molar-refractivity contribution in [1.29, 1.82) is 0 Å². The van der Waals surface area contributed by atoms with E-state index < -0.39 is 6.04 Å². The summed E-state index contributed by atoms with van der Waals surface area (Å²) >= 11 is 0. The van der Waals surface area contributed by atoms with E-state index in [0.717, 1.165) is 25.9 Å². The highest BCUT2D eigenvalue weighted by atomic mass is 19.1. The first-order valence-corrected chi connectivity index (χ1v) is 7.01. The van der Waals surface area contributed by atoms with Crippen molar-refractivity contribution < 1.29 is 9.18 Å². The van der Waals surface area contributed by atoms with Gasteiger partial charge in [0, 0.05) is 6.04 Å². The molecule has 20 heavy (non-hydrogen) atoms. The molecule has 2 N–H and O–H groups in total. The van der Waals surface area contributed by atoms with Crippen LogP contribution in [0.25, 0.3) is 0 Å². The van der Waals surface area contributed by atoms with Gasteiger partial charge in [-0.05, 0) is 57.7 Å². The SMILES string of the molecule is CN(C)[C@@H](C(=O)NC1CCNCC1)c1cccc(F)c1. The van der Waals surface area contributed by atoms with Crippen LogP contribution in [0.15, 0.2) is 24.3 Å². The third kappa shape index (κ3) is 3.77. The van der Waals surface area contributed by atoms with Crippen LogP contribution in [-0.2, 0) is 4.79 Å². The standard InChI is InChI=1S/C15H22FN3O/c1-19(2)14(11-4-3-5-12(16)10-11)15(20)18-13-6-8-17-9-7-13/h3-5,10,13-14,17H,6-9H2,1-2H3,(H,18,20)/t14-/m1/s1. The molecule has 0 unspecified atom stereocenters. The van der Waals surface area contributed by atoms with Crippen molar-refractivity contribution in [2.75, 3.05) is 27.2 Å². The molecule has 1 aliphatic heterocycles. The van der Waals surface area contributed by atoms with Gasteiger partial charge in [-0.1, -0.05) is 12.1 Å². The molecule has 4 nitrogen and oxygen atoms in total. The average molecular weight is 279 g/mol. The monoisotopic (exact) mass is 279 g/mol. The van der Waals surface area contributed by atoms with E-state index in [9.17, 15) is 9.18 Å². The number of nitrogens with one attached hydrogen (secondary N) is 2. The van der Waals surface area contributed by atoms with Crippen LogP contribution >= 0.6 is 0 Å². The number of benzene rings is 1. The third-order valence-electron chi connectivity index (χ3n) is 3.61. The van der Waals surface area contributed by atoms with Crippen molar-refractivity contribution in [3.63, 3.8) is 0 Å². The molecule has 1 amide bonds. The molecule has 1 heterocycles. The molecular weight excluding hydrogens is 257 g/mol. The van der Waals surface area contributed by atoms with Gasteiger partial charge in [-0.3, -0.25) is 9.69 Å². The van der Waals surface area contributed by atoms with Gasteiger partial charge < -0.3 is 10.6 Å². The third-order valence-corrected chi connectivity index (χ3v) is 3.61. The van der Waals surface area contributed by atoms with E-state index in [4.69, 9.17) is 0 Å². The molecule has 0 aromatic heterocycles. The Labute approximate surface area is 119 Å². The van der Waals surface area contributed by atoms with Gasteiger partial charge in [-0.15, -0.1) is 0 Å². The summed E-state index contributed by atoms with van der Waals surface area (Å²) in [4.78, 5) is 14.3.